The normalized spacial score (nSPS) is 10.8. The molecule has 2 N–H and O–H groups in total. The summed E-state index contributed by atoms with van der Waals surface area (Å²) in [6.45, 7) is 4.80. The molecule has 1 aromatic carbocycles. The average molecular weight is 272 g/mol. The van der Waals surface area contributed by atoms with E-state index in [4.69, 9.17) is 0 Å². The minimum absolute atomic E-state index is 0.00997. The first kappa shape index (κ1) is 14.3. The standard InChI is InChI=1S/C15H20N4O/c1-12(2)16-9-7-15(20)18-13-5-3-6-14(11-13)19-10-4-8-17-19/h3-6,8,10-12,16H,7,9H2,1-2H3,(H,18,20). The van der Waals surface area contributed by atoms with E-state index in [2.05, 4.69) is 29.6 Å². The smallest absolute Gasteiger partial charge is 0.225 e. The Morgan fingerprint density at radius 2 is 2.20 bits per heavy atom. The van der Waals surface area contributed by atoms with Crippen LogP contribution >= 0.6 is 0 Å². The molecule has 1 aromatic heterocycles. The second kappa shape index (κ2) is 6.86. The van der Waals surface area contributed by atoms with Gasteiger partial charge in [0, 0.05) is 37.1 Å². The highest BCUT2D eigenvalue weighted by Crippen LogP contribution is 2.13. The lowest BCUT2D eigenvalue weighted by Crippen LogP contribution is -2.27. The Labute approximate surface area is 119 Å². The van der Waals surface area contributed by atoms with Crippen molar-refractivity contribution < 1.29 is 4.79 Å². The van der Waals surface area contributed by atoms with Crippen LogP contribution < -0.4 is 10.6 Å². The van der Waals surface area contributed by atoms with Gasteiger partial charge < -0.3 is 10.6 Å². The molecule has 0 atom stereocenters. The first-order valence-corrected chi connectivity index (χ1v) is 6.78. The molecular weight excluding hydrogens is 252 g/mol. The van der Waals surface area contributed by atoms with Gasteiger partial charge in [-0.05, 0) is 24.3 Å². The van der Waals surface area contributed by atoms with E-state index in [1.807, 2.05) is 36.5 Å². The molecule has 0 spiro atoms. The van der Waals surface area contributed by atoms with Gasteiger partial charge in [0.1, 0.15) is 0 Å². The van der Waals surface area contributed by atoms with Crippen LogP contribution in [0.25, 0.3) is 5.69 Å². The molecule has 1 amide bonds. The predicted molar refractivity (Wildman–Crippen MR) is 79.9 cm³/mol. The lowest BCUT2D eigenvalue weighted by atomic mass is 10.2. The fourth-order valence-corrected chi connectivity index (χ4v) is 1.85. The highest BCUT2D eigenvalue weighted by atomic mass is 16.1. The Morgan fingerprint density at radius 1 is 1.35 bits per heavy atom. The van der Waals surface area contributed by atoms with Gasteiger partial charge in [-0.3, -0.25) is 4.79 Å². The molecule has 0 aliphatic rings. The third-order valence-corrected chi connectivity index (χ3v) is 2.80. The van der Waals surface area contributed by atoms with Gasteiger partial charge in [0.05, 0.1) is 5.69 Å². The van der Waals surface area contributed by atoms with Crippen molar-refractivity contribution in [2.45, 2.75) is 26.3 Å². The Morgan fingerprint density at radius 3 is 2.90 bits per heavy atom. The summed E-state index contributed by atoms with van der Waals surface area (Å²) in [5.41, 5.74) is 1.71. The maximum Gasteiger partial charge on any atom is 0.225 e. The molecule has 20 heavy (non-hydrogen) atoms. The maximum atomic E-state index is 11.8. The fourth-order valence-electron chi connectivity index (χ4n) is 1.85. The van der Waals surface area contributed by atoms with Crippen molar-refractivity contribution in [3.8, 4) is 5.69 Å². The monoisotopic (exact) mass is 272 g/mol. The Kier molecular flexibility index (Phi) is 4.90. The van der Waals surface area contributed by atoms with Crippen LogP contribution in [0, 0.1) is 0 Å². The third kappa shape index (κ3) is 4.20. The minimum atomic E-state index is 0.00997. The van der Waals surface area contributed by atoms with Gasteiger partial charge in [0.25, 0.3) is 0 Å². The SMILES string of the molecule is CC(C)NCCC(=O)Nc1cccc(-n2cccn2)c1. The maximum absolute atomic E-state index is 11.8. The van der Waals surface area contributed by atoms with E-state index in [1.165, 1.54) is 0 Å². The largest absolute Gasteiger partial charge is 0.326 e. The fraction of sp³-hybridized carbons (Fsp3) is 0.333. The molecule has 0 saturated heterocycles. The number of benzene rings is 1. The summed E-state index contributed by atoms with van der Waals surface area (Å²) in [6.07, 6.45) is 4.06. The van der Waals surface area contributed by atoms with Gasteiger partial charge in [-0.25, -0.2) is 4.68 Å². The summed E-state index contributed by atoms with van der Waals surface area (Å²) in [6, 6.07) is 9.89. The topological polar surface area (TPSA) is 59.0 Å². The summed E-state index contributed by atoms with van der Waals surface area (Å²) in [5, 5.41) is 10.3. The van der Waals surface area contributed by atoms with Gasteiger partial charge in [-0.15, -0.1) is 0 Å². The van der Waals surface area contributed by atoms with Crippen molar-refractivity contribution in [1.82, 2.24) is 15.1 Å². The lowest BCUT2D eigenvalue weighted by molar-refractivity contribution is -0.116. The van der Waals surface area contributed by atoms with E-state index in [-0.39, 0.29) is 5.91 Å². The van der Waals surface area contributed by atoms with Crippen LogP contribution in [0.4, 0.5) is 5.69 Å². The number of hydrogen-bond donors (Lipinski definition) is 2. The number of nitrogens with one attached hydrogen (secondary N) is 2. The third-order valence-electron chi connectivity index (χ3n) is 2.80. The van der Waals surface area contributed by atoms with Crippen LogP contribution in [0.2, 0.25) is 0 Å². The number of amides is 1. The van der Waals surface area contributed by atoms with Crippen LogP contribution in [-0.4, -0.2) is 28.3 Å². The van der Waals surface area contributed by atoms with E-state index >= 15 is 0 Å². The quantitative estimate of drug-likeness (QED) is 0.847. The molecule has 0 unspecified atom stereocenters. The number of carbonyl (C=O) groups excluding carboxylic acids is 1. The van der Waals surface area contributed by atoms with Crippen molar-refractivity contribution in [3.05, 3.63) is 42.7 Å². The minimum Gasteiger partial charge on any atom is -0.326 e. The van der Waals surface area contributed by atoms with Crippen molar-refractivity contribution in [2.24, 2.45) is 0 Å². The van der Waals surface area contributed by atoms with Gasteiger partial charge in [-0.2, -0.15) is 5.10 Å². The summed E-state index contributed by atoms with van der Waals surface area (Å²) in [5.74, 6) is 0.00997. The van der Waals surface area contributed by atoms with Crippen molar-refractivity contribution in [2.75, 3.05) is 11.9 Å². The van der Waals surface area contributed by atoms with Crippen LogP contribution in [-0.2, 0) is 4.79 Å². The molecule has 5 heteroatoms. The van der Waals surface area contributed by atoms with E-state index in [0.717, 1.165) is 11.4 Å². The molecule has 0 saturated carbocycles. The Hall–Kier alpha value is -2.14. The van der Waals surface area contributed by atoms with Crippen LogP contribution in [0.5, 0.6) is 0 Å². The van der Waals surface area contributed by atoms with E-state index in [9.17, 15) is 4.79 Å². The summed E-state index contributed by atoms with van der Waals surface area (Å²) < 4.78 is 1.76. The Balaban J connectivity index is 1.93. The van der Waals surface area contributed by atoms with Crippen LogP contribution in [0.1, 0.15) is 20.3 Å². The van der Waals surface area contributed by atoms with Crippen molar-refractivity contribution >= 4 is 11.6 Å². The van der Waals surface area contributed by atoms with Gasteiger partial charge in [0.2, 0.25) is 5.91 Å². The summed E-state index contributed by atoms with van der Waals surface area (Å²) in [7, 11) is 0. The van der Waals surface area contributed by atoms with Gasteiger partial charge >= 0.3 is 0 Å². The average Bonchev–Trinajstić information content (AvgIpc) is 2.92. The zero-order valence-electron chi connectivity index (χ0n) is 11.8. The number of rotatable bonds is 6. The molecule has 0 bridgehead atoms. The molecule has 1 heterocycles. The summed E-state index contributed by atoms with van der Waals surface area (Å²) >= 11 is 0. The molecular formula is C15H20N4O. The molecule has 2 rings (SSSR count). The predicted octanol–water partition coefficient (Wildman–Crippen LogP) is 2.20. The number of carbonyl (C=O) groups is 1. The molecule has 5 nitrogen and oxygen atoms in total. The molecule has 106 valence electrons. The number of hydrogen-bond acceptors (Lipinski definition) is 3. The van der Waals surface area contributed by atoms with Gasteiger partial charge in [0.15, 0.2) is 0 Å². The molecule has 2 aromatic rings. The van der Waals surface area contributed by atoms with E-state index < -0.39 is 0 Å². The summed E-state index contributed by atoms with van der Waals surface area (Å²) in [4.78, 5) is 11.8. The van der Waals surface area contributed by atoms with Gasteiger partial charge in [-0.1, -0.05) is 19.9 Å². The van der Waals surface area contributed by atoms with E-state index in [0.29, 0.717) is 19.0 Å². The number of nitrogens with zero attached hydrogens (tertiary/aromatic N) is 2. The second-order valence-electron chi connectivity index (χ2n) is 4.91. The first-order chi connectivity index (χ1) is 9.65. The molecule has 0 aliphatic heterocycles. The Bertz CT molecular complexity index is 549. The number of aromatic nitrogens is 2. The second-order valence-corrected chi connectivity index (χ2v) is 4.91. The van der Waals surface area contributed by atoms with Crippen molar-refractivity contribution in [3.63, 3.8) is 0 Å². The molecule has 0 radical (unpaired) electrons. The first-order valence-electron chi connectivity index (χ1n) is 6.78. The zero-order chi connectivity index (χ0) is 14.4. The van der Waals surface area contributed by atoms with Crippen molar-refractivity contribution in [1.29, 1.82) is 0 Å². The highest BCUT2D eigenvalue weighted by Gasteiger charge is 2.04. The van der Waals surface area contributed by atoms with Crippen LogP contribution in [0.3, 0.4) is 0 Å². The zero-order valence-corrected chi connectivity index (χ0v) is 11.8. The lowest BCUT2D eigenvalue weighted by Gasteiger charge is -2.09. The highest BCUT2D eigenvalue weighted by molar-refractivity contribution is 5.91. The molecule has 0 fully saturated rings. The van der Waals surface area contributed by atoms with Crippen LogP contribution in [0.15, 0.2) is 42.7 Å². The van der Waals surface area contributed by atoms with E-state index in [1.54, 1.807) is 10.9 Å². The molecule has 0 aliphatic carbocycles. The number of anilines is 1.